The van der Waals surface area contributed by atoms with Crippen molar-refractivity contribution in [1.82, 2.24) is 4.90 Å². The number of hydrogen-bond donors (Lipinski definition) is 1. The van der Waals surface area contributed by atoms with Crippen LogP contribution in [0.2, 0.25) is 0 Å². The Morgan fingerprint density at radius 1 is 1.23 bits per heavy atom. The molecule has 1 N–H and O–H groups in total. The van der Waals surface area contributed by atoms with E-state index in [1.54, 1.807) is 6.07 Å². The molecule has 1 fully saturated rings. The molecule has 0 radical (unpaired) electrons. The first kappa shape index (κ1) is 21.6. The molecule has 0 saturated carbocycles. The maximum atomic E-state index is 14.0. The SMILES string of the molecule is COCN1C(=O)N(c2ccc(C#N)c(C(F)(F)P)c2)C(=O)C1(C)c1ccc(O)cc1. The molecule has 2 unspecified atom stereocenters. The van der Waals surface area contributed by atoms with Crippen LogP contribution in [0.3, 0.4) is 0 Å². The normalized spacial score (nSPS) is 19.3. The number of imide groups is 1. The molecule has 156 valence electrons. The van der Waals surface area contributed by atoms with Gasteiger partial charge >= 0.3 is 6.03 Å². The van der Waals surface area contributed by atoms with Crippen molar-refractivity contribution in [2.45, 2.75) is 18.1 Å². The number of methoxy groups -OCH3 is 1. The van der Waals surface area contributed by atoms with Gasteiger partial charge in [-0.1, -0.05) is 21.4 Å². The number of anilines is 1. The Labute approximate surface area is 173 Å². The summed E-state index contributed by atoms with van der Waals surface area (Å²) >= 11 is 0. The summed E-state index contributed by atoms with van der Waals surface area (Å²) in [5, 5.41) is 18.7. The van der Waals surface area contributed by atoms with Gasteiger partial charge < -0.3 is 9.84 Å². The monoisotopic (exact) mass is 433 g/mol. The van der Waals surface area contributed by atoms with Crippen molar-refractivity contribution in [1.29, 1.82) is 5.26 Å². The molecule has 1 aliphatic heterocycles. The fourth-order valence-electron chi connectivity index (χ4n) is 3.38. The highest BCUT2D eigenvalue weighted by Gasteiger charge is 2.56. The number of hydrogen-bond acceptors (Lipinski definition) is 5. The maximum Gasteiger partial charge on any atom is 0.334 e. The number of carbonyl (C=O) groups excluding carboxylic acids is 2. The van der Waals surface area contributed by atoms with E-state index >= 15 is 0 Å². The number of phenolic OH excluding ortho intramolecular Hbond substituents is 1. The lowest BCUT2D eigenvalue weighted by Gasteiger charge is -2.31. The molecule has 3 rings (SSSR count). The average molecular weight is 433 g/mol. The molecule has 10 heteroatoms. The summed E-state index contributed by atoms with van der Waals surface area (Å²) in [6.45, 7) is 1.27. The van der Waals surface area contributed by atoms with Crippen LogP contribution in [0, 0.1) is 11.3 Å². The van der Waals surface area contributed by atoms with Gasteiger partial charge in [0.2, 0.25) is 0 Å². The van der Waals surface area contributed by atoms with E-state index in [1.807, 2.05) is 0 Å². The van der Waals surface area contributed by atoms with Gasteiger partial charge in [0.15, 0.2) is 0 Å². The highest BCUT2D eigenvalue weighted by molar-refractivity contribution is 7.17. The number of amides is 3. The van der Waals surface area contributed by atoms with Crippen LogP contribution in [0.25, 0.3) is 0 Å². The molecule has 30 heavy (non-hydrogen) atoms. The average Bonchev–Trinajstić information content (AvgIpc) is 2.89. The number of ether oxygens (including phenoxy) is 1. The van der Waals surface area contributed by atoms with Gasteiger partial charge in [-0.25, -0.2) is 9.69 Å². The van der Waals surface area contributed by atoms with Gasteiger partial charge in [-0.15, -0.1) is 0 Å². The summed E-state index contributed by atoms with van der Waals surface area (Å²) in [4.78, 5) is 28.5. The van der Waals surface area contributed by atoms with Crippen LogP contribution < -0.4 is 4.90 Å². The van der Waals surface area contributed by atoms with Gasteiger partial charge in [0.05, 0.1) is 17.3 Å². The molecule has 0 bridgehead atoms. The third-order valence-electron chi connectivity index (χ3n) is 5.01. The molecule has 3 amide bonds. The van der Waals surface area contributed by atoms with Crippen molar-refractivity contribution in [3.8, 4) is 11.8 Å². The number of aromatic hydroxyl groups is 1. The van der Waals surface area contributed by atoms with Crippen LogP contribution in [-0.4, -0.2) is 35.8 Å². The van der Waals surface area contributed by atoms with E-state index in [9.17, 15) is 23.5 Å². The van der Waals surface area contributed by atoms with E-state index in [0.717, 1.165) is 17.0 Å². The fourth-order valence-corrected chi connectivity index (χ4v) is 3.62. The number of phenols is 1. The van der Waals surface area contributed by atoms with E-state index in [2.05, 4.69) is 0 Å². The van der Waals surface area contributed by atoms with Crippen LogP contribution >= 0.6 is 9.24 Å². The van der Waals surface area contributed by atoms with Crippen LogP contribution in [0.15, 0.2) is 42.5 Å². The van der Waals surface area contributed by atoms with E-state index in [1.165, 1.54) is 58.5 Å². The van der Waals surface area contributed by atoms with E-state index in [4.69, 9.17) is 10.00 Å². The number of nitriles is 1. The Bertz CT molecular complexity index is 1050. The highest BCUT2D eigenvalue weighted by atomic mass is 31.0. The Morgan fingerprint density at radius 2 is 1.87 bits per heavy atom. The molecule has 2 aromatic rings. The largest absolute Gasteiger partial charge is 0.508 e. The molecule has 1 saturated heterocycles. The second-order valence-corrected chi connectivity index (χ2v) is 7.58. The zero-order valence-corrected chi connectivity index (χ0v) is 17.3. The first-order chi connectivity index (χ1) is 14.1. The van der Waals surface area contributed by atoms with Crippen LogP contribution in [0.1, 0.15) is 23.6 Å². The first-order valence-corrected chi connectivity index (χ1v) is 9.29. The van der Waals surface area contributed by atoms with Crippen molar-refractivity contribution in [3.63, 3.8) is 0 Å². The lowest BCUT2D eigenvalue weighted by atomic mass is 9.90. The fraction of sp³-hybridized carbons (Fsp3) is 0.250. The molecule has 1 aliphatic rings. The predicted molar refractivity (Wildman–Crippen MR) is 107 cm³/mol. The summed E-state index contributed by atoms with van der Waals surface area (Å²) in [6.07, 6.45) is 0. The summed E-state index contributed by atoms with van der Waals surface area (Å²) < 4.78 is 33.1. The maximum absolute atomic E-state index is 14.0. The standard InChI is InChI=1S/C20H18F2N3O4P/c1-19(13-4-7-15(26)8-5-13)17(27)25(18(28)24(19)11-29-2)14-6-3-12(10-23)16(9-14)20(21,22)30/h3-9,26H,11,30H2,1-2H3. The molecule has 0 spiro atoms. The minimum Gasteiger partial charge on any atom is -0.508 e. The molecular formula is C20H18F2N3O4P. The molecular weight excluding hydrogens is 415 g/mol. The topological polar surface area (TPSA) is 93.9 Å². The molecule has 2 atom stereocenters. The number of benzene rings is 2. The van der Waals surface area contributed by atoms with Crippen molar-refractivity contribution in [3.05, 3.63) is 59.2 Å². The lowest BCUT2D eigenvalue weighted by molar-refractivity contribution is -0.126. The summed E-state index contributed by atoms with van der Waals surface area (Å²) in [5.74, 6) is -0.702. The molecule has 7 nitrogen and oxygen atoms in total. The minimum atomic E-state index is -3.43. The van der Waals surface area contributed by atoms with Gasteiger partial charge in [-0.2, -0.15) is 14.0 Å². The molecule has 2 aromatic carbocycles. The van der Waals surface area contributed by atoms with Gasteiger partial charge in [0, 0.05) is 12.7 Å². The van der Waals surface area contributed by atoms with E-state index < -0.39 is 28.7 Å². The minimum absolute atomic E-state index is 0.0197. The summed E-state index contributed by atoms with van der Waals surface area (Å²) in [7, 11) is 2.70. The number of alkyl halides is 2. The first-order valence-electron chi connectivity index (χ1n) is 8.71. The number of carbonyl (C=O) groups is 2. The van der Waals surface area contributed by atoms with Gasteiger partial charge in [-0.3, -0.25) is 9.69 Å². The highest BCUT2D eigenvalue weighted by Crippen LogP contribution is 2.43. The van der Waals surface area contributed by atoms with Gasteiger partial charge in [0.25, 0.3) is 11.6 Å². The second-order valence-electron chi connectivity index (χ2n) is 6.85. The Balaban J connectivity index is 2.16. The number of urea groups is 1. The van der Waals surface area contributed by atoms with Crippen LogP contribution in [0.4, 0.5) is 19.3 Å². The van der Waals surface area contributed by atoms with Gasteiger partial charge in [-0.05, 0) is 42.8 Å². The summed E-state index contributed by atoms with van der Waals surface area (Å²) in [6, 6.07) is 10.0. The van der Waals surface area contributed by atoms with E-state index in [-0.39, 0.29) is 23.7 Å². The Kier molecular flexibility index (Phi) is 5.50. The van der Waals surface area contributed by atoms with Crippen LogP contribution in [-0.2, 0) is 20.7 Å². The van der Waals surface area contributed by atoms with E-state index in [0.29, 0.717) is 5.56 Å². The predicted octanol–water partition coefficient (Wildman–Crippen LogP) is 3.48. The Hall–Kier alpha value is -3.08. The third kappa shape index (κ3) is 3.38. The molecule has 0 aromatic heterocycles. The van der Waals surface area contributed by atoms with Crippen molar-refractivity contribution in [2.24, 2.45) is 0 Å². The van der Waals surface area contributed by atoms with Crippen molar-refractivity contribution in [2.75, 3.05) is 18.7 Å². The molecule has 1 heterocycles. The third-order valence-corrected chi connectivity index (χ3v) is 5.32. The van der Waals surface area contributed by atoms with Crippen LogP contribution in [0.5, 0.6) is 5.75 Å². The number of nitrogens with zero attached hydrogens (tertiary/aromatic N) is 3. The van der Waals surface area contributed by atoms with Crippen molar-refractivity contribution < 1.29 is 28.2 Å². The quantitative estimate of drug-likeness (QED) is 0.576. The zero-order chi connectivity index (χ0) is 22.3. The smallest absolute Gasteiger partial charge is 0.334 e. The molecule has 0 aliphatic carbocycles. The second kappa shape index (κ2) is 7.63. The number of rotatable bonds is 5. The van der Waals surface area contributed by atoms with Gasteiger partial charge in [0.1, 0.15) is 18.0 Å². The number of halogens is 2. The van der Waals surface area contributed by atoms with Crippen molar-refractivity contribution >= 4 is 26.9 Å². The Morgan fingerprint density at radius 3 is 2.40 bits per heavy atom. The zero-order valence-electron chi connectivity index (χ0n) is 16.1. The summed E-state index contributed by atoms with van der Waals surface area (Å²) in [5.41, 5.74) is -5.51. The lowest BCUT2D eigenvalue weighted by Crippen LogP contribution is -2.45.